The molecule has 2 atom stereocenters. The van der Waals surface area contributed by atoms with E-state index in [1.165, 1.54) is 12.8 Å². The van der Waals surface area contributed by atoms with Crippen LogP contribution in [0.4, 0.5) is 0 Å². The fraction of sp³-hybridized carbons (Fsp3) is 0.857. The van der Waals surface area contributed by atoms with Crippen LogP contribution in [0.3, 0.4) is 0 Å². The van der Waals surface area contributed by atoms with E-state index in [0.717, 1.165) is 51.5 Å². The molecule has 0 saturated carbocycles. The molecule has 6 heteroatoms. The molecule has 0 aromatic carbocycles. The summed E-state index contributed by atoms with van der Waals surface area (Å²) in [4.78, 5) is 6.97. The second kappa shape index (κ2) is 6.65. The van der Waals surface area contributed by atoms with E-state index in [9.17, 15) is 0 Å². The summed E-state index contributed by atoms with van der Waals surface area (Å²) in [6.45, 7) is 6.95. The first-order valence-corrected chi connectivity index (χ1v) is 7.77. The first kappa shape index (κ1) is 14.0. The number of morpholine rings is 1. The van der Waals surface area contributed by atoms with E-state index in [4.69, 9.17) is 9.26 Å². The van der Waals surface area contributed by atoms with Gasteiger partial charge < -0.3 is 14.6 Å². The number of ether oxygens (including phenoxy) is 1. The van der Waals surface area contributed by atoms with Crippen molar-refractivity contribution in [2.75, 3.05) is 32.8 Å². The molecule has 2 aliphatic heterocycles. The van der Waals surface area contributed by atoms with Gasteiger partial charge in [0.15, 0.2) is 0 Å². The van der Waals surface area contributed by atoms with Crippen molar-refractivity contribution in [3.8, 4) is 0 Å². The number of nitrogens with zero attached hydrogens (tertiary/aromatic N) is 3. The normalized spacial score (nSPS) is 28.6. The van der Waals surface area contributed by atoms with Crippen LogP contribution in [0.5, 0.6) is 0 Å². The van der Waals surface area contributed by atoms with Gasteiger partial charge in [-0.2, -0.15) is 4.98 Å². The highest BCUT2D eigenvalue weighted by Gasteiger charge is 2.28. The van der Waals surface area contributed by atoms with E-state index >= 15 is 0 Å². The Balaban J connectivity index is 1.63. The molecule has 6 nitrogen and oxygen atoms in total. The molecule has 1 aromatic rings. The number of rotatable bonds is 4. The fourth-order valence-corrected chi connectivity index (χ4v) is 2.96. The molecule has 0 aliphatic carbocycles. The van der Waals surface area contributed by atoms with Gasteiger partial charge in [-0.25, -0.2) is 0 Å². The average molecular weight is 280 g/mol. The first-order valence-electron chi connectivity index (χ1n) is 7.77. The smallest absolute Gasteiger partial charge is 0.243 e. The van der Waals surface area contributed by atoms with Crippen LogP contribution < -0.4 is 5.32 Å². The number of hydrogen-bond donors (Lipinski definition) is 1. The molecule has 3 heterocycles. The van der Waals surface area contributed by atoms with Gasteiger partial charge in [0.05, 0.1) is 12.6 Å². The van der Waals surface area contributed by atoms with Crippen molar-refractivity contribution in [2.45, 2.75) is 44.8 Å². The molecule has 0 spiro atoms. The van der Waals surface area contributed by atoms with Gasteiger partial charge in [-0.15, -0.1) is 0 Å². The van der Waals surface area contributed by atoms with Crippen molar-refractivity contribution in [3.63, 3.8) is 0 Å². The van der Waals surface area contributed by atoms with E-state index in [2.05, 4.69) is 27.3 Å². The summed E-state index contributed by atoms with van der Waals surface area (Å²) in [5.74, 6) is 1.42. The minimum Gasteiger partial charge on any atom is -0.367 e. The molecule has 20 heavy (non-hydrogen) atoms. The molecule has 0 bridgehead atoms. The molecular formula is C14H24N4O2. The van der Waals surface area contributed by atoms with Gasteiger partial charge in [-0.1, -0.05) is 18.5 Å². The van der Waals surface area contributed by atoms with Crippen molar-refractivity contribution < 1.29 is 9.26 Å². The van der Waals surface area contributed by atoms with Crippen LogP contribution in [0.15, 0.2) is 4.52 Å². The monoisotopic (exact) mass is 280 g/mol. The molecule has 3 rings (SSSR count). The SMILES string of the molecule is CCCN1CCOC(c2noc(C3CCCCN3)n2)C1. The third-order valence-corrected chi connectivity index (χ3v) is 4.04. The zero-order valence-electron chi connectivity index (χ0n) is 12.2. The zero-order valence-corrected chi connectivity index (χ0v) is 12.2. The van der Waals surface area contributed by atoms with Crippen molar-refractivity contribution in [3.05, 3.63) is 11.7 Å². The number of nitrogens with one attached hydrogen (secondary N) is 1. The maximum atomic E-state index is 5.79. The lowest BCUT2D eigenvalue weighted by atomic mass is 10.1. The molecule has 0 radical (unpaired) electrons. The summed E-state index contributed by atoms with van der Waals surface area (Å²) >= 11 is 0. The zero-order chi connectivity index (χ0) is 13.8. The minimum atomic E-state index is -0.0450. The number of piperidine rings is 1. The summed E-state index contributed by atoms with van der Waals surface area (Å²) < 4.78 is 11.2. The van der Waals surface area contributed by atoms with E-state index in [1.807, 2.05) is 0 Å². The first-order chi connectivity index (χ1) is 9.86. The minimum absolute atomic E-state index is 0.0450. The predicted octanol–water partition coefficient (Wildman–Crippen LogP) is 1.67. The fourth-order valence-electron chi connectivity index (χ4n) is 2.96. The summed E-state index contributed by atoms with van der Waals surface area (Å²) in [6.07, 6.45) is 4.65. The van der Waals surface area contributed by atoms with Crippen LogP contribution in [0.2, 0.25) is 0 Å². The largest absolute Gasteiger partial charge is 0.367 e. The van der Waals surface area contributed by atoms with Crippen LogP contribution >= 0.6 is 0 Å². The van der Waals surface area contributed by atoms with Gasteiger partial charge in [0, 0.05) is 13.1 Å². The second-order valence-corrected chi connectivity index (χ2v) is 5.65. The van der Waals surface area contributed by atoms with Gasteiger partial charge in [0.1, 0.15) is 6.10 Å². The molecular weight excluding hydrogens is 256 g/mol. The highest BCUT2D eigenvalue weighted by Crippen LogP contribution is 2.25. The molecule has 112 valence electrons. The van der Waals surface area contributed by atoms with Crippen LogP contribution in [0, 0.1) is 0 Å². The average Bonchev–Trinajstić information content (AvgIpc) is 2.99. The van der Waals surface area contributed by atoms with E-state index in [0.29, 0.717) is 5.82 Å². The van der Waals surface area contributed by atoms with E-state index in [1.54, 1.807) is 0 Å². The van der Waals surface area contributed by atoms with E-state index in [-0.39, 0.29) is 12.1 Å². The summed E-state index contributed by atoms with van der Waals surface area (Å²) in [7, 11) is 0. The number of hydrogen-bond acceptors (Lipinski definition) is 6. The summed E-state index contributed by atoms with van der Waals surface area (Å²) in [5.41, 5.74) is 0. The maximum absolute atomic E-state index is 5.79. The van der Waals surface area contributed by atoms with Gasteiger partial charge in [0.2, 0.25) is 11.7 Å². The molecule has 2 fully saturated rings. The Kier molecular flexibility index (Phi) is 4.65. The lowest BCUT2D eigenvalue weighted by Gasteiger charge is -2.30. The molecule has 0 amide bonds. The van der Waals surface area contributed by atoms with Crippen molar-refractivity contribution in [1.29, 1.82) is 0 Å². The topological polar surface area (TPSA) is 63.4 Å². The molecule has 1 aromatic heterocycles. The van der Waals surface area contributed by atoms with Gasteiger partial charge in [-0.05, 0) is 32.4 Å². The Hall–Kier alpha value is -0.980. The summed E-state index contributed by atoms with van der Waals surface area (Å²) in [5, 5.41) is 7.57. The van der Waals surface area contributed by atoms with Gasteiger partial charge >= 0.3 is 0 Å². The second-order valence-electron chi connectivity index (χ2n) is 5.65. The predicted molar refractivity (Wildman–Crippen MR) is 74.3 cm³/mol. The van der Waals surface area contributed by atoms with Crippen LogP contribution in [-0.4, -0.2) is 47.8 Å². The lowest BCUT2D eigenvalue weighted by Crippen LogP contribution is -2.39. The molecule has 1 N–H and O–H groups in total. The van der Waals surface area contributed by atoms with Crippen molar-refractivity contribution in [1.82, 2.24) is 20.4 Å². The van der Waals surface area contributed by atoms with Gasteiger partial charge in [0.25, 0.3) is 0 Å². The quantitative estimate of drug-likeness (QED) is 0.905. The third kappa shape index (κ3) is 3.19. The van der Waals surface area contributed by atoms with Crippen molar-refractivity contribution in [2.24, 2.45) is 0 Å². The Bertz CT molecular complexity index is 415. The van der Waals surface area contributed by atoms with Crippen LogP contribution in [0.25, 0.3) is 0 Å². The molecule has 2 unspecified atom stereocenters. The third-order valence-electron chi connectivity index (χ3n) is 4.04. The Labute approximate surface area is 119 Å². The Morgan fingerprint density at radius 3 is 3.15 bits per heavy atom. The molecule has 2 aliphatic rings. The highest BCUT2D eigenvalue weighted by molar-refractivity contribution is 4.98. The van der Waals surface area contributed by atoms with Crippen LogP contribution in [0.1, 0.15) is 56.5 Å². The van der Waals surface area contributed by atoms with Crippen molar-refractivity contribution >= 4 is 0 Å². The van der Waals surface area contributed by atoms with E-state index < -0.39 is 0 Å². The standard InChI is InChI=1S/C14H24N4O2/c1-2-7-18-8-9-19-12(10-18)13-16-14(20-17-13)11-5-3-4-6-15-11/h11-12,15H,2-10H2,1H3. The number of aromatic nitrogens is 2. The lowest BCUT2D eigenvalue weighted by molar-refractivity contribution is -0.0350. The maximum Gasteiger partial charge on any atom is 0.243 e. The Morgan fingerprint density at radius 2 is 2.35 bits per heavy atom. The van der Waals surface area contributed by atoms with Crippen LogP contribution in [-0.2, 0) is 4.74 Å². The molecule has 2 saturated heterocycles. The van der Waals surface area contributed by atoms with Gasteiger partial charge in [-0.3, -0.25) is 4.90 Å². The Morgan fingerprint density at radius 1 is 1.40 bits per heavy atom. The highest BCUT2D eigenvalue weighted by atomic mass is 16.5. The summed E-state index contributed by atoms with van der Waals surface area (Å²) in [6, 6.07) is 0.223.